The predicted octanol–water partition coefficient (Wildman–Crippen LogP) is 0.661. The third-order valence-corrected chi connectivity index (χ3v) is 1.37. The molecule has 1 amide bonds. The van der Waals surface area contributed by atoms with Crippen molar-refractivity contribution in [3.8, 4) is 0 Å². The van der Waals surface area contributed by atoms with Gasteiger partial charge in [0, 0.05) is 6.42 Å². The van der Waals surface area contributed by atoms with E-state index in [1.807, 2.05) is 0 Å². The summed E-state index contributed by atoms with van der Waals surface area (Å²) in [5, 5.41) is 10.7. The van der Waals surface area contributed by atoms with Gasteiger partial charge in [-0.2, -0.15) is 0 Å². The second kappa shape index (κ2) is 5.55. The molecule has 0 saturated heterocycles. The number of aliphatic carboxylic acids is 1. The first kappa shape index (κ1) is 13.7. The fourth-order valence-corrected chi connectivity index (χ4v) is 0.810. The van der Waals surface area contributed by atoms with E-state index in [9.17, 15) is 9.59 Å². The van der Waals surface area contributed by atoms with Gasteiger partial charge in [0.05, 0.1) is 6.17 Å². The normalized spacial score (nSPS) is 13.1. The summed E-state index contributed by atoms with van der Waals surface area (Å²) in [7, 11) is 0. The molecule has 0 bridgehead atoms. The molecule has 0 aromatic heterocycles. The lowest BCUT2D eigenvalue weighted by Crippen LogP contribution is -2.44. The maximum atomic E-state index is 11.2. The number of carboxylic acids is 1. The Hall–Kier alpha value is -1.30. The van der Waals surface area contributed by atoms with Gasteiger partial charge >= 0.3 is 12.1 Å². The molecule has 1 unspecified atom stereocenters. The number of hydrogen-bond donors (Lipinski definition) is 3. The molecule has 6 heteroatoms. The van der Waals surface area contributed by atoms with Gasteiger partial charge in [0.1, 0.15) is 5.60 Å². The van der Waals surface area contributed by atoms with Crippen molar-refractivity contribution >= 4 is 12.1 Å². The summed E-state index contributed by atoms with van der Waals surface area (Å²) in [6, 6.07) is 0. The molecule has 0 aliphatic rings. The topological polar surface area (TPSA) is 102 Å². The van der Waals surface area contributed by atoms with E-state index in [1.54, 1.807) is 20.8 Å². The first-order valence-electron chi connectivity index (χ1n) is 4.67. The monoisotopic (exact) mass is 218 g/mol. The number of rotatable bonds is 4. The fourth-order valence-electron chi connectivity index (χ4n) is 0.810. The molecular weight excluding hydrogens is 200 g/mol. The lowest BCUT2D eigenvalue weighted by atomic mass is 10.2. The van der Waals surface area contributed by atoms with Crippen molar-refractivity contribution in [2.24, 2.45) is 5.73 Å². The molecule has 0 aromatic rings. The molecule has 0 fully saturated rings. The van der Waals surface area contributed by atoms with Crippen LogP contribution in [0.3, 0.4) is 0 Å². The molecule has 0 saturated carbocycles. The van der Waals surface area contributed by atoms with Gasteiger partial charge in [-0.05, 0) is 27.2 Å². The Balaban J connectivity index is 3.81. The smallest absolute Gasteiger partial charge is 0.408 e. The van der Waals surface area contributed by atoms with Gasteiger partial charge in [0.25, 0.3) is 0 Å². The summed E-state index contributed by atoms with van der Waals surface area (Å²) in [6.07, 6.45) is -1.25. The minimum Gasteiger partial charge on any atom is -0.481 e. The van der Waals surface area contributed by atoms with Crippen molar-refractivity contribution in [3.05, 3.63) is 0 Å². The summed E-state index contributed by atoms with van der Waals surface area (Å²) in [6.45, 7) is 5.19. The van der Waals surface area contributed by atoms with Gasteiger partial charge in [0.2, 0.25) is 0 Å². The van der Waals surface area contributed by atoms with E-state index < -0.39 is 23.8 Å². The Morgan fingerprint density at radius 3 is 2.40 bits per heavy atom. The number of amides is 1. The van der Waals surface area contributed by atoms with Gasteiger partial charge in [-0.15, -0.1) is 0 Å². The van der Waals surface area contributed by atoms with Crippen molar-refractivity contribution in [1.29, 1.82) is 0 Å². The molecule has 15 heavy (non-hydrogen) atoms. The van der Waals surface area contributed by atoms with Crippen LogP contribution in [-0.4, -0.2) is 28.9 Å². The number of nitrogens with two attached hydrogens (primary N) is 1. The Bertz CT molecular complexity index is 235. The van der Waals surface area contributed by atoms with Crippen LogP contribution in [-0.2, 0) is 9.53 Å². The van der Waals surface area contributed by atoms with E-state index in [0.717, 1.165) is 0 Å². The molecule has 0 aliphatic carbocycles. The van der Waals surface area contributed by atoms with E-state index >= 15 is 0 Å². The zero-order valence-corrected chi connectivity index (χ0v) is 9.24. The van der Waals surface area contributed by atoms with Crippen molar-refractivity contribution in [3.63, 3.8) is 0 Å². The number of hydrogen-bond acceptors (Lipinski definition) is 4. The number of carboxylic acid groups (broad SMARTS) is 1. The van der Waals surface area contributed by atoms with Crippen LogP contribution in [0.1, 0.15) is 33.6 Å². The van der Waals surface area contributed by atoms with Gasteiger partial charge in [-0.25, -0.2) is 4.79 Å². The van der Waals surface area contributed by atoms with Crippen LogP contribution in [0.15, 0.2) is 0 Å². The second-order valence-corrected chi connectivity index (χ2v) is 4.19. The number of alkyl carbamates (subject to hydrolysis) is 1. The van der Waals surface area contributed by atoms with Gasteiger partial charge in [0.15, 0.2) is 0 Å². The Morgan fingerprint density at radius 1 is 1.47 bits per heavy atom. The Morgan fingerprint density at radius 2 is 2.00 bits per heavy atom. The summed E-state index contributed by atoms with van der Waals surface area (Å²) in [4.78, 5) is 21.4. The predicted molar refractivity (Wildman–Crippen MR) is 54.2 cm³/mol. The highest BCUT2D eigenvalue weighted by atomic mass is 16.6. The number of ether oxygens (including phenoxy) is 1. The molecule has 0 aliphatic heterocycles. The van der Waals surface area contributed by atoms with Crippen LogP contribution in [0.4, 0.5) is 4.79 Å². The number of carbonyl (C=O) groups is 2. The van der Waals surface area contributed by atoms with Gasteiger partial charge < -0.3 is 20.9 Å². The first-order chi connectivity index (χ1) is 6.70. The standard InChI is InChI=1S/C9H18N2O4/c1-9(2,3)15-8(14)11-6(10)4-5-7(12)13/h6H,4-5,10H2,1-3H3,(H,11,14)(H,12,13). The van der Waals surface area contributed by atoms with Crippen molar-refractivity contribution < 1.29 is 19.4 Å². The summed E-state index contributed by atoms with van der Waals surface area (Å²) >= 11 is 0. The van der Waals surface area contributed by atoms with E-state index in [2.05, 4.69) is 5.32 Å². The van der Waals surface area contributed by atoms with Crippen LogP contribution in [0.5, 0.6) is 0 Å². The van der Waals surface area contributed by atoms with Crippen molar-refractivity contribution in [1.82, 2.24) is 5.32 Å². The molecule has 6 nitrogen and oxygen atoms in total. The molecule has 0 spiro atoms. The second-order valence-electron chi connectivity index (χ2n) is 4.19. The molecule has 4 N–H and O–H groups in total. The Labute approximate surface area is 88.8 Å². The van der Waals surface area contributed by atoms with Gasteiger partial charge in [-0.3, -0.25) is 4.79 Å². The van der Waals surface area contributed by atoms with Crippen molar-refractivity contribution in [2.45, 2.75) is 45.4 Å². The first-order valence-corrected chi connectivity index (χ1v) is 4.67. The molecule has 88 valence electrons. The third-order valence-electron chi connectivity index (χ3n) is 1.37. The largest absolute Gasteiger partial charge is 0.481 e. The number of carbonyl (C=O) groups excluding carboxylic acids is 1. The SMILES string of the molecule is CC(C)(C)OC(=O)NC(N)CCC(=O)O. The van der Waals surface area contributed by atoms with Crippen LogP contribution in [0, 0.1) is 0 Å². The lowest BCUT2D eigenvalue weighted by Gasteiger charge is -2.21. The van der Waals surface area contributed by atoms with E-state index in [-0.39, 0.29) is 12.8 Å². The highest BCUT2D eigenvalue weighted by molar-refractivity contribution is 5.68. The minimum atomic E-state index is -0.948. The lowest BCUT2D eigenvalue weighted by molar-refractivity contribution is -0.137. The van der Waals surface area contributed by atoms with Crippen molar-refractivity contribution in [2.75, 3.05) is 0 Å². The molecule has 0 rings (SSSR count). The van der Waals surface area contributed by atoms with E-state index in [4.69, 9.17) is 15.6 Å². The maximum absolute atomic E-state index is 11.2. The zero-order valence-electron chi connectivity index (χ0n) is 9.24. The molecule has 0 aromatic carbocycles. The third kappa shape index (κ3) is 9.01. The average molecular weight is 218 g/mol. The van der Waals surface area contributed by atoms with E-state index in [0.29, 0.717) is 0 Å². The van der Waals surface area contributed by atoms with Crippen LogP contribution < -0.4 is 11.1 Å². The maximum Gasteiger partial charge on any atom is 0.408 e. The highest BCUT2D eigenvalue weighted by Gasteiger charge is 2.17. The summed E-state index contributed by atoms with van der Waals surface area (Å²) in [5.41, 5.74) is 4.88. The number of nitrogens with one attached hydrogen (secondary N) is 1. The van der Waals surface area contributed by atoms with Crippen LogP contribution >= 0.6 is 0 Å². The highest BCUT2D eigenvalue weighted by Crippen LogP contribution is 2.06. The molecule has 0 heterocycles. The molecular formula is C9H18N2O4. The molecule has 1 atom stereocenters. The van der Waals surface area contributed by atoms with Crippen LogP contribution in [0.25, 0.3) is 0 Å². The summed E-state index contributed by atoms with van der Waals surface area (Å²) < 4.78 is 4.94. The Kier molecular flexibility index (Phi) is 5.07. The fraction of sp³-hybridized carbons (Fsp3) is 0.778. The zero-order chi connectivity index (χ0) is 12.1. The quantitative estimate of drug-likeness (QED) is 0.602. The molecule has 0 radical (unpaired) electrons. The average Bonchev–Trinajstić information content (AvgIpc) is 1.96. The van der Waals surface area contributed by atoms with E-state index in [1.165, 1.54) is 0 Å². The summed E-state index contributed by atoms with van der Waals surface area (Å²) in [5.74, 6) is -0.948. The van der Waals surface area contributed by atoms with Crippen LogP contribution in [0.2, 0.25) is 0 Å². The minimum absolute atomic E-state index is 0.0863. The van der Waals surface area contributed by atoms with Gasteiger partial charge in [-0.1, -0.05) is 0 Å².